The van der Waals surface area contributed by atoms with Crippen molar-refractivity contribution in [3.05, 3.63) is 23.5 Å². The Morgan fingerprint density at radius 3 is 3.08 bits per heavy atom. The van der Waals surface area contributed by atoms with Crippen molar-refractivity contribution >= 4 is 11.8 Å². The van der Waals surface area contributed by atoms with Gasteiger partial charge in [0.2, 0.25) is 0 Å². The van der Waals surface area contributed by atoms with Gasteiger partial charge in [-0.15, -0.1) is 11.8 Å². The van der Waals surface area contributed by atoms with Crippen molar-refractivity contribution in [3.63, 3.8) is 0 Å². The van der Waals surface area contributed by atoms with E-state index in [0.717, 1.165) is 17.7 Å². The van der Waals surface area contributed by atoms with Crippen molar-refractivity contribution in [2.45, 2.75) is 11.3 Å². The summed E-state index contributed by atoms with van der Waals surface area (Å²) in [6, 6.07) is 3.36. The van der Waals surface area contributed by atoms with Gasteiger partial charge in [0, 0.05) is 16.9 Å². The van der Waals surface area contributed by atoms with E-state index in [1.54, 1.807) is 12.1 Å². The van der Waals surface area contributed by atoms with Gasteiger partial charge in [0.1, 0.15) is 11.6 Å². The van der Waals surface area contributed by atoms with E-state index in [1.807, 2.05) is 6.26 Å². The Bertz CT molecular complexity index is 311. The minimum atomic E-state index is -0.133. The summed E-state index contributed by atoms with van der Waals surface area (Å²) in [6.07, 6.45) is 2.70. The Morgan fingerprint density at radius 2 is 2.33 bits per heavy atom. The van der Waals surface area contributed by atoms with Crippen LogP contribution in [0.4, 0.5) is 4.39 Å². The van der Waals surface area contributed by atoms with Crippen molar-refractivity contribution in [1.82, 2.24) is 0 Å². The molecule has 2 rings (SSSR count). The van der Waals surface area contributed by atoms with Crippen LogP contribution in [-0.2, 0) is 6.42 Å². The summed E-state index contributed by atoms with van der Waals surface area (Å²) in [5.41, 5.74) is 0.991. The predicted molar refractivity (Wildman–Crippen MR) is 47.4 cm³/mol. The van der Waals surface area contributed by atoms with Gasteiger partial charge in [-0.25, -0.2) is 4.39 Å². The van der Waals surface area contributed by atoms with Crippen LogP contribution in [0.25, 0.3) is 0 Å². The highest BCUT2D eigenvalue weighted by Crippen LogP contribution is 2.31. The molecule has 1 aliphatic rings. The van der Waals surface area contributed by atoms with Crippen LogP contribution in [0.1, 0.15) is 5.56 Å². The van der Waals surface area contributed by atoms with Gasteiger partial charge < -0.3 is 4.74 Å². The average molecular weight is 184 g/mol. The maximum absolute atomic E-state index is 13.2. The highest BCUT2D eigenvalue weighted by Gasteiger charge is 2.15. The molecule has 0 saturated carbocycles. The van der Waals surface area contributed by atoms with E-state index in [1.165, 1.54) is 11.8 Å². The second-order valence-electron chi connectivity index (χ2n) is 2.69. The van der Waals surface area contributed by atoms with Gasteiger partial charge in [0.15, 0.2) is 0 Å². The molecule has 1 heterocycles. The lowest BCUT2D eigenvalue weighted by atomic mass is 10.2. The molecule has 3 heteroatoms. The first-order chi connectivity index (χ1) is 5.81. The number of thioether (sulfide) groups is 1. The Morgan fingerprint density at radius 1 is 1.50 bits per heavy atom. The zero-order valence-electron chi connectivity index (χ0n) is 6.76. The number of halogens is 1. The lowest BCUT2D eigenvalue weighted by Crippen LogP contribution is -1.86. The molecule has 0 saturated heterocycles. The Hall–Kier alpha value is -0.700. The topological polar surface area (TPSA) is 9.23 Å². The number of rotatable bonds is 1. The highest BCUT2D eigenvalue weighted by molar-refractivity contribution is 7.98. The Kier molecular flexibility index (Phi) is 1.97. The van der Waals surface area contributed by atoms with Gasteiger partial charge in [-0.1, -0.05) is 0 Å². The summed E-state index contributed by atoms with van der Waals surface area (Å²) >= 11 is 1.41. The molecular weight excluding hydrogens is 175 g/mol. The van der Waals surface area contributed by atoms with Crippen molar-refractivity contribution in [3.8, 4) is 5.75 Å². The molecule has 0 atom stereocenters. The van der Waals surface area contributed by atoms with Crippen LogP contribution >= 0.6 is 11.8 Å². The molecule has 12 heavy (non-hydrogen) atoms. The third-order valence-corrected chi connectivity index (χ3v) is 2.72. The second kappa shape index (κ2) is 2.98. The van der Waals surface area contributed by atoms with Crippen LogP contribution in [0.15, 0.2) is 17.0 Å². The Labute approximate surface area is 74.9 Å². The number of benzene rings is 1. The van der Waals surface area contributed by atoms with E-state index in [2.05, 4.69) is 0 Å². The highest BCUT2D eigenvalue weighted by atomic mass is 32.2. The standard InChI is InChI=1S/C9H9FOS/c1-12-9-5-8-6(2-3-11-8)4-7(9)10/h4-5H,2-3H2,1H3. The quantitative estimate of drug-likeness (QED) is 0.620. The minimum Gasteiger partial charge on any atom is -0.493 e. The molecule has 0 aromatic heterocycles. The first-order valence-corrected chi connectivity index (χ1v) is 5.03. The average Bonchev–Trinajstić information content (AvgIpc) is 2.49. The van der Waals surface area contributed by atoms with Gasteiger partial charge in [-0.3, -0.25) is 0 Å². The van der Waals surface area contributed by atoms with Crippen molar-refractivity contribution in [1.29, 1.82) is 0 Å². The third-order valence-electron chi connectivity index (χ3n) is 1.96. The summed E-state index contributed by atoms with van der Waals surface area (Å²) in [5.74, 6) is 0.715. The zero-order valence-corrected chi connectivity index (χ0v) is 7.58. The third kappa shape index (κ3) is 1.18. The molecule has 0 aliphatic carbocycles. The zero-order chi connectivity index (χ0) is 8.55. The van der Waals surface area contributed by atoms with Gasteiger partial charge >= 0.3 is 0 Å². The molecule has 0 bridgehead atoms. The van der Waals surface area contributed by atoms with Gasteiger partial charge in [-0.05, 0) is 18.4 Å². The van der Waals surface area contributed by atoms with Crippen LogP contribution in [0.2, 0.25) is 0 Å². The van der Waals surface area contributed by atoms with Gasteiger partial charge in [0.25, 0.3) is 0 Å². The molecule has 1 nitrogen and oxygen atoms in total. The summed E-state index contributed by atoms with van der Waals surface area (Å²) < 4.78 is 18.5. The van der Waals surface area contributed by atoms with E-state index in [0.29, 0.717) is 11.5 Å². The molecule has 0 spiro atoms. The fourth-order valence-corrected chi connectivity index (χ4v) is 1.81. The Balaban J connectivity index is 2.49. The van der Waals surface area contributed by atoms with Crippen LogP contribution < -0.4 is 4.74 Å². The predicted octanol–water partition coefficient (Wildman–Crippen LogP) is 2.48. The summed E-state index contributed by atoms with van der Waals surface area (Å²) in [7, 11) is 0. The number of hydrogen-bond acceptors (Lipinski definition) is 2. The number of fused-ring (bicyclic) bond motifs is 1. The maximum Gasteiger partial charge on any atom is 0.137 e. The van der Waals surface area contributed by atoms with Crippen LogP contribution in [-0.4, -0.2) is 12.9 Å². The number of ether oxygens (including phenoxy) is 1. The van der Waals surface area contributed by atoms with Crippen LogP contribution in [0.5, 0.6) is 5.75 Å². The SMILES string of the molecule is CSc1cc2c(cc1F)CCO2. The molecule has 0 amide bonds. The largest absolute Gasteiger partial charge is 0.493 e. The van der Waals surface area contributed by atoms with Crippen molar-refractivity contribution in [2.24, 2.45) is 0 Å². The second-order valence-corrected chi connectivity index (χ2v) is 3.54. The lowest BCUT2D eigenvalue weighted by Gasteiger charge is -2.02. The first-order valence-electron chi connectivity index (χ1n) is 3.80. The molecule has 0 unspecified atom stereocenters. The summed E-state index contributed by atoms with van der Waals surface area (Å²) in [5, 5.41) is 0. The van der Waals surface area contributed by atoms with E-state index in [4.69, 9.17) is 4.74 Å². The molecule has 1 aliphatic heterocycles. The maximum atomic E-state index is 13.2. The van der Waals surface area contributed by atoms with E-state index in [-0.39, 0.29) is 5.82 Å². The van der Waals surface area contributed by atoms with Gasteiger partial charge in [0.05, 0.1) is 6.61 Å². The molecule has 0 radical (unpaired) electrons. The summed E-state index contributed by atoms with van der Waals surface area (Å²) in [6.45, 7) is 0.687. The van der Waals surface area contributed by atoms with Crippen LogP contribution in [0.3, 0.4) is 0 Å². The van der Waals surface area contributed by atoms with E-state index >= 15 is 0 Å². The lowest BCUT2D eigenvalue weighted by molar-refractivity contribution is 0.356. The van der Waals surface area contributed by atoms with E-state index < -0.39 is 0 Å². The van der Waals surface area contributed by atoms with Crippen molar-refractivity contribution < 1.29 is 9.13 Å². The molecule has 0 N–H and O–H groups in total. The molecule has 0 fully saturated rings. The first kappa shape index (κ1) is 7.92. The molecule has 64 valence electrons. The van der Waals surface area contributed by atoms with Gasteiger partial charge in [-0.2, -0.15) is 0 Å². The normalized spacial score (nSPS) is 14.2. The molecular formula is C9H9FOS. The summed E-state index contributed by atoms with van der Waals surface area (Å²) in [4.78, 5) is 0.663. The van der Waals surface area contributed by atoms with Crippen LogP contribution in [0, 0.1) is 5.82 Å². The number of hydrogen-bond donors (Lipinski definition) is 0. The smallest absolute Gasteiger partial charge is 0.137 e. The van der Waals surface area contributed by atoms with Crippen molar-refractivity contribution in [2.75, 3.05) is 12.9 Å². The minimum absolute atomic E-state index is 0.133. The fraction of sp³-hybridized carbons (Fsp3) is 0.333. The fourth-order valence-electron chi connectivity index (χ4n) is 1.33. The van der Waals surface area contributed by atoms with E-state index in [9.17, 15) is 4.39 Å². The monoisotopic (exact) mass is 184 g/mol. The molecule has 1 aromatic rings. The molecule has 1 aromatic carbocycles.